The fourth-order valence-corrected chi connectivity index (χ4v) is 4.21. The normalized spacial score (nSPS) is 11.2. The molecule has 1 aromatic carbocycles. The number of methoxy groups -OCH3 is 1. The number of rotatable bonds is 8. The zero-order valence-corrected chi connectivity index (χ0v) is 17.4. The van der Waals surface area contributed by atoms with Crippen molar-refractivity contribution in [1.29, 1.82) is 5.26 Å². The van der Waals surface area contributed by atoms with E-state index in [2.05, 4.69) is 44.2 Å². The van der Waals surface area contributed by atoms with E-state index in [0.717, 1.165) is 21.8 Å². The summed E-state index contributed by atoms with van der Waals surface area (Å²) in [7, 11) is 1.64. The van der Waals surface area contributed by atoms with Crippen LogP contribution in [0.2, 0.25) is 0 Å². The Bertz CT molecular complexity index is 1040. The highest BCUT2D eigenvalue weighted by Crippen LogP contribution is 2.32. The molecule has 6 heteroatoms. The van der Waals surface area contributed by atoms with Gasteiger partial charge in [-0.3, -0.25) is 9.36 Å². The van der Waals surface area contributed by atoms with E-state index in [1.165, 1.54) is 16.9 Å². The molecule has 0 aliphatic carbocycles. The zero-order chi connectivity index (χ0) is 20.1. The Hall–Kier alpha value is -2.49. The number of benzene rings is 1. The number of ether oxygens (including phenoxy) is 1. The van der Waals surface area contributed by atoms with Gasteiger partial charge in [-0.05, 0) is 23.5 Å². The van der Waals surface area contributed by atoms with Crippen molar-refractivity contribution in [3.8, 4) is 17.2 Å². The van der Waals surface area contributed by atoms with Gasteiger partial charge in [-0.2, -0.15) is 5.26 Å². The molecule has 0 radical (unpaired) electrons. The smallest absolute Gasteiger partial charge is 0.262 e. The molecule has 0 unspecified atom stereocenters. The summed E-state index contributed by atoms with van der Waals surface area (Å²) in [6.07, 6.45) is 1.62. The summed E-state index contributed by atoms with van der Waals surface area (Å²) < 4.78 is 6.90. The molecule has 2 aromatic heterocycles. The van der Waals surface area contributed by atoms with Gasteiger partial charge in [-0.25, -0.2) is 4.98 Å². The van der Waals surface area contributed by atoms with Crippen molar-refractivity contribution in [3.05, 3.63) is 51.4 Å². The zero-order valence-electron chi connectivity index (χ0n) is 16.6. The maximum Gasteiger partial charge on any atom is 0.262 e. The van der Waals surface area contributed by atoms with Gasteiger partial charge >= 0.3 is 0 Å². The van der Waals surface area contributed by atoms with Crippen molar-refractivity contribution in [3.63, 3.8) is 0 Å². The van der Waals surface area contributed by atoms with Crippen LogP contribution in [0.5, 0.6) is 0 Å². The summed E-state index contributed by atoms with van der Waals surface area (Å²) in [5.74, 6) is 1.19. The van der Waals surface area contributed by atoms with Crippen molar-refractivity contribution >= 4 is 21.6 Å². The molecule has 0 atom stereocenters. The molecule has 2 heterocycles. The third-order valence-electron chi connectivity index (χ3n) is 4.86. The molecule has 3 rings (SSSR count). The standard InChI is InChI=1S/C22H25N3O2S/c1-15(2)16-6-8-17(9-7-16)18-14-28-21-20(18)22(26)25(12-5-4-11-23)19(24-21)10-13-27-3/h6-9,14-15H,4-5,10,12-13H2,1-3H3. The van der Waals surface area contributed by atoms with E-state index >= 15 is 0 Å². The summed E-state index contributed by atoms with van der Waals surface area (Å²) in [6, 6.07) is 10.5. The Morgan fingerprint density at radius 1 is 1.29 bits per heavy atom. The molecular weight excluding hydrogens is 370 g/mol. The second kappa shape index (κ2) is 9.13. The van der Waals surface area contributed by atoms with Crippen LogP contribution in [0.1, 0.15) is 44.0 Å². The van der Waals surface area contributed by atoms with E-state index in [4.69, 9.17) is 15.0 Å². The van der Waals surface area contributed by atoms with E-state index in [0.29, 0.717) is 43.7 Å². The lowest BCUT2D eigenvalue weighted by Crippen LogP contribution is -2.26. The topological polar surface area (TPSA) is 67.9 Å². The fraction of sp³-hybridized carbons (Fsp3) is 0.409. The molecule has 0 bridgehead atoms. The number of hydrogen-bond donors (Lipinski definition) is 0. The number of fused-ring (bicyclic) bond motifs is 1. The molecule has 0 aliphatic heterocycles. The van der Waals surface area contributed by atoms with Gasteiger partial charge in [-0.15, -0.1) is 11.3 Å². The maximum atomic E-state index is 13.3. The van der Waals surface area contributed by atoms with E-state index in [9.17, 15) is 4.79 Å². The Morgan fingerprint density at radius 2 is 2.04 bits per heavy atom. The van der Waals surface area contributed by atoms with E-state index in [1.807, 2.05) is 5.38 Å². The van der Waals surface area contributed by atoms with E-state index in [-0.39, 0.29) is 5.56 Å². The lowest BCUT2D eigenvalue weighted by atomic mass is 9.99. The Labute approximate surface area is 169 Å². The van der Waals surface area contributed by atoms with Crippen molar-refractivity contribution in [2.45, 2.75) is 45.6 Å². The fourth-order valence-electron chi connectivity index (χ4n) is 3.26. The first-order valence-electron chi connectivity index (χ1n) is 9.54. The first-order chi connectivity index (χ1) is 13.6. The van der Waals surface area contributed by atoms with Gasteiger partial charge in [0.25, 0.3) is 5.56 Å². The van der Waals surface area contributed by atoms with Crippen LogP contribution in [0.4, 0.5) is 0 Å². The van der Waals surface area contributed by atoms with Gasteiger partial charge in [0.1, 0.15) is 10.7 Å². The molecule has 0 amide bonds. The van der Waals surface area contributed by atoms with Crippen LogP contribution in [0.15, 0.2) is 34.4 Å². The highest BCUT2D eigenvalue weighted by atomic mass is 32.1. The van der Waals surface area contributed by atoms with Gasteiger partial charge in [0, 0.05) is 37.4 Å². The first kappa shape index (κ1) is 20.2. The van der Waals surface area contributed by atoms with Crippen molar-refractivity contribution in [2.24, 2.45) is 0 Å². The molecule has 5 nitrogen and oxygen atoms in total. The van der Waals surface area contributed by atoms with Crippen LogP contribution in [-0.2, 0) is 17.7 Å². The van der Waals surface area contributed by atoms with Crippen molar-refractivity contribution in [2.75, 3.05) is 13.7 Å². The Kier molecular flexibility index (Phi) is 6.61. The quantitative estimate of drug-likeness (QED) is 0.517. The molecule has 146 valence electrons. The highest BCUT2D eigenvalue weighted by molar-refractivity contribution is 7.17. The average molecular weight is 396 g/mol. The third-order valence-corrected chi connectivity index (χ3v) is 5.73. The number of unbranched alkanes of at least 4 members (excludes halogenated alkanes) is 1. The summed E-state index contributed by atoms with van der Waals surface area (Å²) in [4.78, 5) is 18.9. The first-order valence-corrected chi connectivity index (χ1v) is 10.4. The molecule has 0 N–H and O–H groups in total. The van der Waals surface area contributed by atoms with Crippen LogP contribution in [0.25, 0.3) is 21.3 Å². The largest absolute Gasteiger partial charge is 0.384 e. The van der Waals surface area contributed by atoms with Crippen LogP contribution < -0.4 is 5.56 Å². The third kappa shape index (κ3) is 4.16. The monoisotopic (exact) mass is 395 g/mol. The van der Waals surface area contributed by atoms with Crippen LogP contribution in [-0.4, -0.2) is 23.3 Å². The summed E-state index contributed by atoms with van der Waals surface area (Å²) in [6.45, 7) is 5.34. The van der Waals surface area contributed by atoms with Gasteiger partial charge < -0.3 is 4.74 Å². The van der Waals surface area contributed by atoms with Crippen LogP contribution in [0, 0.1) is 11.3 Å². The van der Waals surface area contributed by atoms with Gasteiger partial charge in [0.15, 0.2) is 0 Å². The second-order valence-electron chi connectivity index (χ2n) is 7.10. The molecule has 0 aliphatic rings. The predicted molar refractivity (Wildman–Crippen MR) is 114 cm³/mol. The number of nitrogens with zero attached hydrogens (tertiary/aromatic N) is 3. The minimum absolute atomic E-state index is 0.0294. The predicted octanol–water partition coefficient (Wildman–Crippen LogP) is 4.74. The minimum atomic E-state index is -0.0294. The average Bonchev–Trinajstić information content (AvgIpc) is 3.12. The summed E-state index contributed by atoms with van der Waals surface area (Å²) >= 11 is 1.50. The lowest BCUT2D eigenvalue weighted by Gasteiger charge is -2.12. The molecule has 0 saturated carbocycles. The molecule has 0 fully saturated rings. The molecular formula is C22H25N3O2S. The highest BCUT2D eigenvalue weighted by Gasteiger charge is 2.17. The van der Waals surface area contributed by atoms with E-state index < -0.39 is 0 Å². The lowest BCUT2D eigenvalue weighted by molar-refractivity contribution is 0.199. The van der Waals surface area contributed by atoms with Gasteiger partial charge in [0.2, 0.25) is 0 Å². The number of nitriles is 1. The van der Waals surface area contributed by atoms with Crippen LogP contribution >= 0.6 is 11.3 Å². The number of aromatic nitrogens is 2. The van der Waals surface area contributed by atoms with Gasteiger partial charge in [0.05, 0.1) is 18.1 Å². The van der Waals surface area contributed by atoms with Crippen molar-refractivity contribution in [1.82, 2.24) is 9.55 Å². The maximum absolute atomic E-state index is 13.3. The summed E-state index contributed by atoms with van der Waals surface area (Å²) in [5.41, 5.74) is 3.21. The molecule has 0 saturated heterocycles. The minimum Gasteiger partial charge on any atom is -0.384 e. The molecule has 3 aromatic rings. The van der Waals surface area contributed by atoms with Crippen molar-refractivity contribution < 1.29 is 4.74 Å². The molecule has 28 heavy (non-hydrogen) atoms. The summed E-state index contributed by atoms with van der Waals surface area (Å²) in [5, 5.41) is 11.5. The SMILES string of the molecule is COCCc1nc2scc(-c3ccc(C(C)C)cc3)c2c(=O)n1CCCC#N. The Morgan fingerprint density at radius 3 is 2.68 bits per heavy atom. The van der Waals surface area contributed by atoms with Gasteiger partial charge in [-0.1, -0.05) is 38.1 Å². The number of thiophene rings is 1. The second-order valence-corrected chi connectivity index (χ2v) is 7.95. The molecule has 0 spiro atoms. The van der Waals surface area contributed by atoms with E-state index in [1.54, 1.807) is 11.7 Å². The Balaban J connectivity index is 2.09. The van der Waals surface area contributed by atoms with Crippen LogP contribution in [0.3, 0.4) is 0 Å². The number of hydrogen-bond acceptors (Lipinski definition) is 5.